The van der Waals surface area contributed by atoms with Crippen LogP contribution in [0.1, 0.15) is 39.0 Å². The van der Waals surface area contributed by atoms with Crippen LogP contribution in [0.25, 0.3) is 0 Å². The number of sulfonamides is 1. The molecule has 0 amide bonds. The van der Waals surface area contributed by atoms with Crippen molar-refractivity contribution >= 4 is 41.9 Å². The molecule has 0 atom stereocenters. The Bertz CT molecular complexity index is 569. The minimum atomic E-state index is -3.45. The van der Waals surface area contributed by atoms with Gasteiger partial charge in [0, 0.05) is 21.5 Å². The molecule has 0 aromatic heterocycles. The predicted molar refractivity (Wildman–Crippen MR) is 88.3 cm³/mol. The summed E-state index contributed by atoms with van der Waals surface area (Å²) < 4.78 is 28.9. The smallest absolute Gasteiger partial charge is 0.207 e. The second kappa shape index (κ2) is 6.90. The molecule has 20 heavy (non-hydrogen) atoms. The fourth-order valence-electron chi connectivity index (χ4n) is 2.79. The molecule has 1 saturated carbocycles. The first-order chi connectivity index (χ1) is 9.46. The topological polar surface area (TPSA) is 37.4 Å². The maximum atomic E-state index is 12.9. The van der Waals surface area contributed by atoms with Crippen LogP contribution < -0.4 is 0 Å². The van der Waals surface area contributed by atoms with E-state index in [4.69, 9.17) is 0 Å². The highest BCUT2D eigenvalue weighted by Crippen LogP contribution is 2.32. The monoisotopic (exact) mass is 423 g/mol. The van der Waals surface area contributed by atoms with Crippen molar-refractivity contribution in [3.63, 3.8) is 0 Å². The van der Waals surface area contributed by atoms with Crippen molar-refractivity contribution in [1.29, 1.82) is 0 Å². The molecule has 2 rings (SSSR count). The maximum Gasteiger partial charge on any atom is 0.244 e. The third-order valence-electron chi connectivity index (χ3n) is 3.77. The zero-order valence-electron chi connectivity index (χ0n) is 11.5. The summed E-state index contributed by atoms with van der Waals surface area (Å²) in [5, 5.41) is 0. The molecule has 0 unspecified atom stereocenters. The molecule has 0 spiro atoms. The zero-order valence-corrected chi connectivity index (χ0v) is 15.5. The fraction of sp³-hybridized carbons (Fsp3) is 0.571. The Morgan fingerprint density at radius 1 is 1.20 bits per heavy atom. The van der Waals surface area contributed by atoms with Crippen molar-refractivity contribution in [1.82, 2.24) is 4.31 Å². The molecule has 0 bridgehead atoms. The molecule has 0 heterocycles. The van der Waals surface area contributed by atoms with E-state index in [0.717, 1.165) is 30.2 Å². The van der Waals surface area contributed by atoms with E-state index in [1.807, 2.05) is 13.0 Å². The third-order valence-corrected chi connectivity index (χ3v) is 7.29. The average Bonchev–Trinajstić information content (AvgIpc) is 2.43. The first-order valence-corrected chi connectivity index (χ1v) is 9.96. The maximum absolute atomic E-state index is 12.9. The predicted octanol–water partition coefficient (Wildman–Crippen LogP) is 4.55. The van der Waals surface area contributed by atoms with Crippen LogP contribution in [0.4, 0.5) is 0 Å². The first-order valence-electron chi connectivity index (χ1n) is 6.93. The highest BCUT2D eigenvalue weighted by Gasteiger charge is 2.32. The van der Waals surface area contributed by atoms with Crippen molar-refractivity contribution < 1.29 is 8.42 Å². The van der Waals surface area contributed by atoms with Gasteiger partial charge in [-0.05, 0) is 47.0 Å². The van der Waals surface area contributed by atoms with Gasteiger partial charge in [0.1, 0.15) is 0 Å². The summed E-state index contributed by atoms with van der Waals surface area (Å²) in [6, 6.07) is 5.42. The van der Waals surface area contributed by atoms with E-state index >= 15 is 0 Å². The fourth-order valence-corrected chi connectivity index (χ4v) is 5.95. The molecule has 1 aromatic carbocycles. The highest BCUT2D eigenvalue weighted by atomic mass is 79.9. The number of hydrogen-bond donors (Lipinski definition) is 0. The van der Waals surface area contributed by atoms with Gasteiger partial charge < -0.3 is 0 Å². The van der Waals surface area contributed by atoms with E-state index in [0.29, 0.717) is 15.9 Å². The van der Waals surface area contributed by atoms with Gasteiger partial charge in [0.25, 0.3) is 0 Å². The summed E-state index contributed by atoms with van der Waals surface area (Å²) in [5.74, 6) is 0. The van der Waals surface area contributed by atoms with Crippen molar-refractivity contribution in [2.75, 3.05) is 6.54 Å². The minimum absolute atomic E-state index is 0.143. The van der Waals surface area contributed by atoms with Gasteiger partial charge in [-0.1, -0.05) is 42.1 Å². The Kier molecular flexibility index (Phi) is 5.68. The summed E-state index contributed by atoms with van der Waals surface area (Å²) in [7, 11) is -3.45. The van der Waals surface area contributed by atoms with Crippen LogP contribution in [0.15, 0.2) is 32.0 Å². The standard InChI is InChI=1S/C14H19Br2NO2S/c1-2-17(12-6-4-3-5-7-12)20(18,19)14-10-11(15)8-9-13(14)16/h8-10,12H,2-7H2,1H3. The number of nitrogens with zero attached hydrogens (tertiary/aromatic N) is 1. The summed E-state index contributed by atoms with van der Waals surface area (Å²) in [4.78, 5) is 0.347. The third kappa shape index (κ3) is 3.46. The molecule has 112 valence electrons. The quantitative estimate of drug-likeness (QED) is 0.710. The lowest BCUT2D eigenvalue weighted by Gasteiger charge is -2.32. The largest absolute Gasteiger partial charge is 0.244 e. The SMILES string of the molecule is CCN(C1CCCCC1)S(=O)(=O)c1cc(Br)ccc1Br. The number of benzene rings is 1. The van der Waals surface area contributed by atoms with Crippen LogP contribution in [-0.4, -0.2) is 25.3 Å². The molecule has 0 radical (unpaired) electrons. The minimum Gasteiger partial charge on any atom is -0.207 e. The van der Waals surface area contributed by atoms with E-state index < -0.39 is 10.0 Å². The summed E-state index contributed by atoms with van der Waals surface area (Å²) >= 11 is 6.71. The lowest BCUT2D eigenvalue weighted by Crippen LogP contribution is -2.41. The molecule has 0 N–H and O–H groups in total. The van der Waals surface area contributed by atoms with Crippen LogP contribution in [0, 0.1) is 0 Å². The van der Waals surface area contributed by atoms with E-state index in [-0.39, 0.29) is 6.04 Å². The van der Waals surface area contributed by atoms with Crippen LogP contribution in [0.3, 0.4) is 0 Å². The van der Waals surface area contributed by atoms with Gasteiger partial charge in [0.15, 0.2) is 0 Å². The molecular formula is C14H19Br2NO2S. The van der Waals surface area contributed by atoms with Crippen LogP contribution in [-0.2, 0) is 10.0 Å². The number of rotatable bonds is 4. The van der Waals surface area contributed by atoms with Gasteiger partial charge in [-0.2, -0.15) is 4.31 Å². The van der Waals surface area contributed by atoms with Gasteiger partial charge >= 0.3 is 0 Å². The second-order valence-electron chi connectivity index (χ2n) is 5.07. The Morgan fingerprint density at radius 3 is 2.45 bits per heavy atom. The number of halogens is 2. The lowest BCUT2D eigenvalue weighted by molar-refractivity contribution is 0.261. The zero-order chi connectivity index (χ0) is 14.8. The van der Waals surface area contributed by atoms with Crippen LogP contribution in [0.5, 0.6) is 0 Å². The molecule has 1 aromatic rings. The van der Waals surface area contributed by atoms with Crippen molar-refractivity contribution in [3.05, 3.63) is 27.1 Å². The molecule has 0 aliphatic heterocycles. The molecule has 1 aliphatic rings. The Labute approximate surface area is 138 Å². The van der Waals surface area contributed by atoms with E-state index in [1.54, 1.807) is 16.4 Å². The van der Waals surface area contributed by atoms with Crippen LogP contribution >= 0.6 is 31.9 Å². The van der Waals surface area contributed by atoms with Gasteiger partial charge in [0.2, 0.25) is 10.0 Å². The lowest BCUT2D eigenvalue weighted by atomic mass is 9.95. The summed E-state index contributed by atoms with van der Waals surface area (Å²) in [6.45, 7) is 2.43. The van der Waals surface area contributed by atoms with Crippen molar-refractivity contribution in [3.8, 4) is 0 Å². The molecule has 0 saturated heterocycles. The molecule has 3 nitrogen and oxygen atoms in total. The van der Waals surface area contributed by atoms with Gasteiger partial charge in [-0.15, -0.1) is 0 Å². The molecular weight excluding hydrogens is 406 g/mol. The molecule has 1 aliphatic carbocycles. The summed E-state index contributed by atoms with van der Waals surface area (Å²) in [6.07, 6.45) is 5.40. The average molecular weight is 425 g/mol. The Hall–Kier alpha value is 0.0900. The highest BCUT2D eigenvalue weighted by molar-refractivity contribution is 9.11. The molecule has 6 heteroatoms. The van der Waals surface area contributed by atoms with Crippen molar-refractivity contribution in [2.24, 2.45) is 0 Å². The van der Waals surface area contributed by atoms with E-state index in [2.05, 4.69) is 31.9 Å². The first kappa shape index (κ1) is 16.5. The molecule has 1 fully saturated rings. The van der Waals surface area contributed by atoms with Crippen molar-refractivity contribution in [2.45, 2.75) is 50.0 Å². The van der Waals surface area contributed by atoms with Gasteiger partial charge in [-0.3, -0.25) is 0 Å². The number of hydrogen-bond acceptors (Lipinski definition) is 2. The summed E-state index contributed by atoms with van der Waals surface area (Å²) in [5.41, 5.74) is 0. The van der Waals surface area contributed by atoms with Gasteiger partial charge in [-0.25, -0.2) is 8.42 Å². The normalized spacial score (nSPS) is 17.6. The Balaban J connectivity index is 2.38. The van der Waals surface area contributed by atoms with Crippen LogP contribution in [0.2, 0.25) is 0 Å². The van der Waals surface area contributed by atoms with E-state index in [9.17, 15) is 8.42 Å². The second-order valence-corrected chi connectivity index (χ2v) is 8.70. The van der Waals surface area contributed by atoms with E-state index in [1.165, 1.54) is 6.42 Å². The Morgan fingerprint density at radius 2 is 1.85 bits per heavy atom. The van der Waals surface area contributed by atoms with Gasteiger partial charge in [0.05, 0.1) is 4.90 Å².